The number of aromatic nitrogens is 3. The summed E-state index contributed by atoms with van der Waals surface area (Å²) in [6.07, 6.45) is 4.16. The van der Waals surface area contributed by atoms with Crippen molar-refractivity contribution in [1.82, 2.24) is 25.4 Å². The van der Waals surface area contributed by atoms with E-state index in [-0.39, 0.29) is 17.8 Å². The molecule has 10 nitrogen and oxygen atoms in total. The van der Waals surface area contributed by atoms with Gasteiger partial charge in [-0.3, -0.25) is 4.79 Å². The predicted octanol–water partition coefficient (Wildman–Crippen LogP) is 2.77. The number of anilines is 4. The summed E-state index contributed by atoms with van der Waals surface area (Å²) in [5.41, 5.74) is 10.0. The number of nitrogens with one attached hydrogen (secondary N) is 4. The van der Waals surface area contributed by atoms with Gasteiger partial charge >= 0.3 is 6.03 Å². The molecule has 1 aliphatic rings. The van der Waals surface area contributed by atoms with Crippen molar-refractivity contribution >= 4 is 40.8 Å². The SMILES string of the molecule is CNC(=O)c1ccc(Nc2nc(N)n(C(=O)Nc3ccc(C4=CNCCC4)cc3)n2)cc1. The zero-order valence-electron chi connectivity index (χ0n) is 17.6. The molecule has 1 aliphatic heterocycles. The fourth-order valence-electron chi connectivity index (χ4n) is 3.33. The van der Waals surface area contributed by atoms with Crippen molar-refractivity contribution in [2.24, 2.45) is 0 Å². The predicted molar refractivity (Wildman–Crippen MR) is 124 cm³/mol. The van der Waals surface area contributed by atoms with Gasteiger partial charge in [-0.25, -0.2) is 4.79 Å². The van der Waals surface area contributed by atoms with Crippen LogP contribution in [-0.4, -0.2) is 40.3 Å². The Bertz CT molecular complexity index is 1150. The topological polar surface area (TPSA) is 139 Å². The van der Waals surface area contributed by atoms with Crippen LogP contribution in [0.3, 0.4) is 0 Å². The standard InChI is InChI=1S/C22H24N8O2/c1-24-19(31)15-6-10-17(11-7-15)26-21-28-20(23)30(29-21)22(32)27-18-8-4-14(5-9-18)16-3-2-12-25-13-16/h4-11,13,25H,2-3,12H2,1H3,(H,24,31)(H,27,32)(H3,23,26,28,29). The molecule has 2 amide bonds. The Kier molecular flexibility index (Phi) is 6.02. The number of nitrogens with zero attached hydrogens (tertiary/aromatic N) is 3. The molecule has 0 aliphatic carbocycles. The van der Waals surface area contributed by atoms with Crippen LogP contribution in [0.15, 0.2) is 54.7 Å². The molecule has 10 heteroatoms. The molecule has 6 N–H and O–H groups in total. The van der Waals surface area contributed by atoms with Gasteiger partial charge in [0.2, 0.25) is 11.9 Å². The molecule has 2 heterocycles. The molecule has 0 bridgehead atoms. The number of nitrogens with two attached hydrogens (primary N) is 1. The molecule has 0 atom stereocenters. The van der Waals surface area contributed by atoms with Crippen molar-refractivity contribution in [2.75, 3.05) is 30.0 Å². The number of allylic oxidation sites excluding steroid dienone is 1. The monoisotopic (exact) mass is 432 g/mol. The second kappa shape index (κ2) is 9.21. The van der Waals surface area contributed by atoms with E-state index < -0.39 is 6.03 Å². The summed E-state index contributed by atoms with van der Waals surface area (Å²) in [4.78, 5) is 28.3. The molecule has 4 rings (SSSR count). The van der Waals surface area contributed by atoms with Gasteiger partial charge in [-0.15, -0.1) is 9.78 Å². The van der Waals surface area contributed by atoms with Gasteiger partial charge in [-0.2, -0.15) is 4.98 Å². The van der Waals surface area contributed by atoms with Crippen molar-refractivity contribution in [1.29, 1.82) is 0 Å². The van der Waals surface area contributed by atoms with Crippen LogP contribution in [0.4, 0.5) is 28.1 Å². The van der Waals surface area contributed by atoms with Crippen LogP contribution in [0, 0.1) is 0 Å². The van der Waals surface area contributed by atoms with Gasteiger partial charge in [0.1, 0.15) is 0 Å². The summed E-state index contributed by atoms with van der Waals surface area (Å²) in [7, 11) is 1.57. The van der Waals surface area contributed by atoms with Gasteiger partial charge < -0.3 is 27.0 Å². The highest BCUT2D eigenvalue weighted by atomic mass is 16.2. The van der Waals surface area contributed by atoms with Crippen LogP contribution in [0.1, 0.15) is 28.8 Å². The number of hydrogen-bond acceptors (Lipinski definition) is 7. The van der Waals surface area contributed by atoms with Crippen molar-refractivity contribution in [3.8, 4) is 0 Å². The molecule has 0 unspecified atom stereocenters. The second-order valence-electron chi connectivity index (χ2n) is 7.22. The van der Waals surface area contributed by atoms with Crippen LogP contribution >= 0.6 is 0 Å². The minimum Gasteiger partial charge on any atom is -0.391 e. The lowest BCUT2D eigenvalue weighted by Crippen LogP contribution is -2.22. The minimum absolute atomic E-state index is 0.0537. The van der Waals surface area contributed by atoms with Gasteiger partial charge in [-0.05, 0) is 60.4 Å². The maximum atomic E-state index is 12.6. The van der Waals surface area contributed by atoms with Crippen molar-refractivity contribution < 1.29 is 9.59 Å². The number of rotatable bonds is 5. The Labute approximate surface area is 184 Å². The largest absolute Gasteiger partial charge is 0.391 e. The molecule has 3 aromatic rings. The zero-order chi connectivity index (χ0) is 22.5. The Balaban J connectivity index is 1.41. The summed E-state index contributed by atoms with van der Waals surface area (Å²) < 4.78 is 0.989. The quantitative estimate of drug-likeness (QED) is 0.418. The number of carbonyl (C=O) groups is 2. The summed E-state index contributed by atoms with van der Waals surface area (Å²) >= 11 is 0. The summed E-state index contributed by atoms with van der Waals surface area (Å²) in [6, 6.07) is 13.8. The molecular weight excluding hydrogens is 408 g/mol. The van der Waals surface area contributed by atoms with Gasteiger partial charge in [-0.1, -0.05) is 12.1 Å². The lowest BCUT2D eigenvalue weighted by Gasteiger charge is -2.14. The first-order chi connectivity index (χ1) is 15.5. The van der Waals surface area contributed by atoms with Crippen molar-refractivity contribution in [2.45, 2.75) is 12.8 Å². The summed E-state index contributed by atoms with van der Waals surface area (Å²) in [5.74, 6) is -0.0699. The van der Waals surface area contributed by atoms with E-state index in [1.807, 2.05) is 30.5 Å². The molecule has 164 valence electrons. The van der Waals surface area contributed by atoms with Crippen LogP contribution in [-0.2, 0) is 0 Å². The highest BCUT2D eigenvalue weighted by Crippen LogP contribution is 2.23. The fraction of sp³-hybridized carbons (Fsp3) is 0.182. The highest BCUT2D eigenvalue weighted by molar-refractivity contribution is 5.94. The maximum absolute atomic E-state index is 12.6. The maximum Gasteiger partial charge on any atom is 0.349 e. The Morgan fingerprint density at radius 3 is 2.44 bits per heavy atom. The van der Waals surface area contributed by atoms with E-state index in [4.69, 9.17) is 5.73 Å². The fourth-order valence-corrected chi connectivity index (χ4v) is 3.33. The molecule has 0 fully saturated rings. The summed E-state index contributed by atoms with van der Waals surface area (Å²) in [5, 5.41) is 15.7. The van der Waals surface area contributed by atoms with E-state index in [0.717, 1.165) is 29.6 Å². The van der Waals surface area contributed by atoms with E-state index >= 15 is 0 Å². The first-order valence-electron chi connectivity index (χ1n) is 10.2. The Morgan fingerprint density at radius 2 is 1.78 bits per heavy atom. The lowest BCUT2D eigenvalue weighted by molar-refractivity contribution is 0.0963. The molecule has 0 radical (unpaired) electrons. The third-order valence-corrected chi connectivity index (χ3v) is 5.01. The van der Waals surface area contributed by atoms with Crippen LogP contribution in [0.2, 0.25) is 0 Å². The van der Waals surface area contributed by atoms with E-state index in [1.165, 1.54) is 5.57 Å². The third-order valence-electron chi connectivity index (χ3n) is 5.01. The average Bonchev–Trinajstić information content (AvgIpc) is 3.20. The number of nitrogen functional groups attached to an aromatic ring is 1. The smallest absolute Gasteiger partial charge is 0.349 e. The molecule has 32 heavy (non-hydrogen) atoms. The number of amides is 2. The average molecular weight is 432 g/mol. The lowest BCUT2D eigenvalue weighted by atomic mass is 10.00. The third kappa shape index (κ3) is 4.69. The second-order valence-corrected chi connectivity index (χ2v) is 7.22. The number of hydrogen-bond donors (Lipinski definition) is 5. The first-order valence-corrected chi connectivity index (χ1v) is 10.2. The van der Waals surface area contributed by atoms with Crippen molar-refractivity contribution in [3.63, 3.8) is 0 Å². The molecule has 2 aromatic carbocycles. The normalized spacial score (nSPS) is 13.0. The van der Waals surface area contributed by atoms with Gasteiger partial charge in [0.15, 0.2) is 0 Å². The molecule has 0 saturated heterocycles. The minimum atomic E-state index is -0.524. The summed E-state index contributed by atoms with van der Waals surface area (Å²) in [6.45, 7) is 0.995. The number of benzene rings is 2. The van der Waals surface area contributed by atoms with Gasteiger partial charge in [0.25, 0.3) is 5.91 Å². The van der Waals surface area contributed by atoms with E-state index in [1.54, 1.807) is 31.3 Å². The molecule has 1 aromatic heterocycles. The van der Waals surface area contributed by atoms with Gasteiger partial charge in [0.05, 0.1) is 0 Å². The molecule has 0 spiro atoms. The first kappa shape index (κ1) is 20.9. The zero-order valence-corrected chi connectivity index (χ0v) is 17.6. The van der Waals surface area contributed by atoms with E-state index in [0.29, 0.717) is 16.9 Å². The Morgan fingerprint density at radius 1 is 1.06 bits per heavy atom. The van der Waals surface area contributed by atoms with Crippen LogP contribution < -0.4 is 27.0 Å². The van der Waals surface area contributed by atoms with E-state index in [9.17, 15) is 9.59 Å². The molecule has 0 saturated carbocycles. The van der Waals surface area contributed by atoms with Gasteiger partial charge in [0, 0.05) is 36.7 Å². The molecular formula is C22H24N8O2. The van der Waals surface area contributed by atoms with Crippen LogP contribution in [0.5, 0.6) is 0 Å². The van der Waals surface area contributed by atoms with E-state index in [2.05, 4.69) is 31.3 Å². The number of carbonyl (C=O) groups excluding carboxylic acids is 2. The Hall–Kier alpha value is -4.34. The van der Waals surface area contributed by atoms with Crippen molar-refractivity contribution in [3.05, 3.63) is 65.9 Å². The highest BCUT2D eigenvalue weighted by Gasteiger charge is 2.15. The van der Waals surface area contributed by atoms with Crippen LogP contribution in [0.25, 0.3) is 5.57 Å².